The zero-order valence-corrected chi connectivity index (χ0v) is 12.9. The predicted octanol–water partition coefficient (Wildman–Crippen LogP) is 5.09. The molecule has 1 aromatic rings. The Bertz CT molecular complexity index is 354. The second-order valence-electron chi connectivity index (χ2n) is 4.99. The summed E-state index contributed by atoms with van der Waals surface area (Å²) in [6.07, 6.45) is 11.7. The van der Waals surface area contributed by atoms with Crippen molar-refractivity contribution in [1.29, 1.82) is 0 Å². The molecule has 0 atom stereocenters. The first kappa shape index (κ1) is 16.8. The van der Waals surface area contributed by atoms with Crippen LogP contribution in [0, 0.1) is 0 Å². The van der Waals surface area contributed by atoms with Crippen LogP contribution in [0.4, 0.5) is 0 Å². The third-order valence-electron chi connectivity index (χ3n) is 3.23. The van der Waals surface area contributed by atoms with Gasteiger partial charge in [0.1, 0.15) is 5.75 Å². The summed E-state index contributed by atoms with van der Waals surface area (Å²) in [4.78, 5) is 0. The van der Waals surface area contributed by atoms with Gasteiger partial charge in [-0.3, -0.25) is 0 Å². The van der Waals surface area contributed by atoms with Crippen LogP contribution in [-0.2, 0) is 4.74 Å². The van der Waals surface area contributed by atoms with Crippen LogP contribution in [-0.4, -0.2) is 20.3 Å². The van der Waals surface area contributed by atoms with E-state index < -0.39 is 0 Å². The molecule has 20 heavy (non-hydrogen) atoms. The summed E-state index contributed by atoms with van der Waals surface area (Å²) in [5, 5.41) is 0. The van der Waals surface area contributed by atoms with Crippen molar-refractivity contribution in [1.82, 2.24) is 0 Å². The lowest BCUT2D eigenvalue weighted by Crippen LogP contribution is -1.96. The van der Waals surface area contributed by atoms with Crippen molar-refractivity contribution in [3.63, 3.8) is 0 Å². The van der Waals surface area contributed by atoms with Crippen LogP contribution in [0.3, 0.4) is 0 Å². The molecule has 0 N–H and O–H groups in total. The van der Waals surface area contributed by atoms with Crippen LogP contribution in [0.25, 0.3) is 6.08 Å². The molecule has 0 spiro atoms. The number of unbranched alkanes of at least 4 members (excludes halogenated alkanes) is 4. The van der Waals surface area contributed by atoms with Crippen LogP contribution in [0.5, 0.6) is 5.75 Å². The van der Waals surface area contributed by atoms with E-state index in [0.717, 1.165) is 31.8 Å². The Hall–Kier alpha value is -1.28. The van der Waals surface area contributed by atoms with E-state index in [4.69, 9.17) is 9.47 Å². The van der Waals surface area contributed by atoms with Gasteiger partial charge >= 0.3 is 0 Å². The van der Waals surface area contributed by atoms with Gasteiger partial charge in [-0.05, 0) is 37.0 Å². The first-order chi connectivity index (χ1) is 9.86. The molecule has 1 rings (SSSR count). The maximum atomic E-state index is 5.61. The monoisotopic (exact) mass is 276 g/mol. The Morgan fingerprint density at radius 3 is 2.40 bits per heavy atom. The molecule has 0 bridgehead atoms. The largest absolute Gasteiger partial charge is 0.497 e. The van der Waals surface area contributed by atoms with Crippen LogP contribution in [0.15, 0.2) is 30.3 Å². The Labute approximate surface area is 123 Å². The van der Waals surface area contributed by atoms with Crippen molar-refractivity contribution in [2.75, 3.05) is 20.3 Å². The maximum absolute atomic E-state index is 5.61. The molecule has 2 heteroatoms. The van der Waals surface area contributed by atoms with Crippen molar-refractivity contribution < 1.29 is 9.47 Å². The maximum Gasteiger partial charge on any atom is 0.118 e. The average Bonchev–Trinajstić information content (AvgIpc) is 2.50. The van der Waals surface area contributed by atoms with Crippen molar-refractivity contribution in [3.8, 4) is 5.75 Å². The molecule has 2 nitrogen and oxygen atoms in total. The standard InChI is InChI=1S/C18H28O2/c1-3-4-5-8-15-20-16-9-6-7-10-17-11-13-18(19-2)14-12-17/h7,10-14H,3-6,8-9,15-16H2,1-2H3/b10-7+. The number of ether oxygens (including phenoxy) is 2. The van der Waals surface area contributed by atoms with Crippen LogP contribution in [0.1, 0.15) is 51.0 Å². The molecule has 0 unspecified atom stereocenters. The van der Waals surface area contributed by atoms with Gasteiger partial charge in [-0.25, -0.2) is 0 Å². The van der Waals surface area contributed by atoms with Gasteiger partial charge in [-0.1, -0.05) is 50.5 Å². The molecular weight excluding hydrogens is 248 g/mol. The number of methoxy groups -OCH3 is 1. The highest BCUT2D eigenvalue weighted by Gasteiger charge is 1.91. The molecule has 0 saturated carbocycles. The Balaban J connectivity index is 2.01. The molecule has 112 valence electrons. The van der Waals surface area contributed by atoms with Crippen LogP contribution in [0.2, 0.25) is 0 Å². The van der Waals surface area contributed by atoms with Gasteiger partial charge in [0.2, 0.25) is 0 Å². The highest BCUT2D eigenvalue weighted by molar-refractivity contribution is 5.50. The van der Waals surface area contributed by atoms with E-state index in [1.54, 1.807) is 7.11 Å². The molecular formula is C18H28O2. The van der Waals surface area contributed by atoms with Gasteiger partial charge in [0.25, 0.3) is 0 Å². The summed E-state index contributed by atoms with van der Waals surface area (Å²) in [7, 11) is 1.69. The van der Waals surface area contributed by atoms with Gasteiger partial charge in [0, 0.05) is 13.2 Å². The van der Waals surface area contributed by atoms with Gasteiger partial charge in [-0.2, -0.15) is 0 Å². The first-order valence-corrected chi connectivity index (χ1v) is 7.75. The van der Waals surface area contributed by atoms with Gasteiger partial charge in [0.15, 0.2) is 0 Å². The lowest BCUT2D eigenvalue weighted by Gasteiger charge is -2.02. The normalized spacial score (nSPS) is 11.1. The van der Waals surface area contributed by atoms with Gasteiger partial charge in [0.05, 0.1) is 7.11 Å². The molecule has 1 aromatic carbocycles. The van der Waals surface area contributed by atoms with E-state index in [9.17, 15) is 0 Å². The minimum absolute atomic E-state index is 0.874. The lowest BCUT2D eigenvalue weighted by atomic mass is 10.2. The van der Waals surface area contributed by atoms with E-state index in [-0.39, 0.29) is 0 Å². The minimum atomic E-state index is 0.874. The molecule has 0 amide bonds. The minimum Gasteiger partial charge on any atom is -0.497 e. The SMILES string of the molecule is CCCCCCOCCC/C=C/c1ccc(OC)cc1. The van der Waals surface area contributed by atoms with Crippen LogP contribution >= 0.6 is 0 Å². The molecule has 0 radical (unpaired) electrons. The van der Waals surface area contributed by atoms with E-state index >= 15 is 0 Å². The molecule has 0 fully saturated rings. The summed E-state index contributed by atoms with van der Waals surface area (Å²) in [6.45, 7) is 4.03. The third-order valence-corrected chi connectivity index (χ3v) is 3.23. The summed E-state index contributed by atoms with van der Waals surface area (Å²) >= 11 is 0. The number of allylic oxidation sites excluding steroid dienone is 1. The number of hydrogen-bond donors (Lipinski definition) is 0. The first-order valence-electron chi connectivity index (χ1n) is 7.75. The van der Waals surface area contributed by atoms with E-state index in [1.165, 1.54) is 31.2 Å². The molecule has 0 aliphatic heterocycles. The van der Waals surface area contributed by atoms with E-state index in [1.807, 2.05) is 12.1 Å². The second-order valence-corrected chi connectivity index (χ2v) is 4.99. The molecule has 0 heterocycles. The topological polar surface area (TPSA) is 18.5 Å². The van der Waals surface area contributed by atoms with Crippen molar-refractivity contribution in [2.45, 2.75) is 45.4 Å². The number of benzene rings is 1. The fourth-order valence-electron chi connectivity index (χ4n) is 1.97. The molecule has 0 aliphatic rings. The fourth-order valence-corrected chi connectivity index (χ4v) is 1.97. The Kier molecular flexibility index (Phi) is 9.68. The quantitative estimate of drug-likeness (QED) is 0.524. The third kappa shape index (κ3) is 8.00. The Morgan fingerprint density at radius 2 is 1.70 bits per heavy atom. The summed E-state index contributed by atoms with van der Waals surface area (Å²) < 4.78 is 10.7. The highest BCUT2D eigenvalue weighted by atomic mass is 16.5. The zero-order chi connectivity index (χ0) is 14.5. The van der Waals surface area contributed by atoms with Crippen molar-refractivity contribution in [2.24, 2.45) is 0 Å². The van der Waals surface area contributed by atoms with Crippen LogP contribution < -0.4 is 4.74 Å². The predicted molar refractivity (Wildman–Crippen MR) is 86.2 cm³/mol. The van der Waals surface area contributed by atoms with E-state index in [2.05, 4.69) is 31.2 Å². The zero-order valence-electron chi connectivity index (χ0n) is 12.9. The summed E-state index contributed by atoms with van der Waals surface area (Å²) in [5.74, 6) is 0.902. The molecule has 0 aromatic heterocycles. The van der Waals surface area contributed by atoms with Gasteiger partial charge in [-0.15, -0.1) is 0 Å². The molecule has 0 saturated heterocycles. The highest BCUT2D eigenvalue weighted by Crippen LogP contribution is 2.12. The Morgan fingerprint density at radius 1 is 0.950 bits per heavy atom. The molecule has 0 aliphatic carbocycles. The number of hydrogen-bond acceptors (Lipinski definition) is 2. The smallest absolute Gasteiger partial charge is 0.118 e. The fraction of sp³-hybridized carbons (Fsp3) is 0.556. The van der Waals surface area contributed by atoms with Crippen molar-refractivity contribution >= 4 is 6.08 Å². The number of rotatable bonds is 11. The van der Waals surface area contributed by atoms with E-state index in [0.29, 0.717) is 0 Å². The average molecular weight is 276 g/mol. The second kappa shape index (κ2) is 11.5. The van der Waals surface area contributed by atoms with Gasteiger partial charge < -0.3 is 9.47 Å². The van der Waals surface area contributed by atoms with Crippen molar-refractivity contribution in [3.05, 3.63) is 35.9 Å². The summed E-state index contributed by atoms with van der Waals surface area (Å²) in [6, 6.07) is 8.11. The summed E-state index contributed by atoms with van der Waals surface area (Å²) in [5.41, 5.74) is 1.21. The lowest BCUT2D eigenvalue weighted by molar-refractivity contribution is 0.128.